The van der Waals surface area contributed by atoms with Gasteiger partial charge in [0, 0.05) is 20.1 Å². The summed E-state index contributed by atoms with van der Waals surface area (Å²) in [5.41, 5.74) is 0. The van der Waals surface area contributed by atoms with Crippen molar-refractivity contribution in [2.45, 2.75) is 0 Å². The third-order valence-corrected chi connectivity index (χ3v) is 1.80. The van der Waals surface area contributed by atoms with E-state index in [-0.39, 0.29) is 13.1 Å². The number of rotatable bonds is 7. The van der Waals surface area contributed by atoms with Crippen LogP contribution in [0.1, 0.15) is 0 Å². The maximum atomic E-state index is 10.4. The highest BCUT2D eigenvalue weighted by Crippen LogP contribution is 1.91. The molecule has 0 radical (unpaired) electrons. The highest BCUT2D eigenvalue weighted by Gasteiger charge is 2.15. The molecule has 0 aliphatic carbocycles. The zero-order chi connectivity index (χ0) is 12.7. The predicted octanol–water partition coefficient (Wildman–Crippen LogP) is -0.933. The van der Waals surface area contributed by atoms with E-state index in [1.54, 1.807) is 0 Å². The van der Waals surface area contributed by atoms with Crippen molar-refractivity contribution in [3.63, 3.8) is 0 Å². The molecule has 8 heteroatoms. The number of aliphatic carboxylic acids is 2. The second-order valence-corrected chi connectivity index (χ2v) is 3.20. The van der Waals surface area contributed by atoms with Gasteiger partial charge in [-0.25, -0.2) is 4.79 Å². The molecule has 8 nitrogen and oxygen atoms in total. The summed E-state index contributed by atoms with van der Waals surface area (Å²) in [6.07, 6.45) is -1.15. The van der Waals surface area contributed by atoms with Gasteiger partial charge in [0.05, 0.1) is 13.1 Å². The standard InChI is InChI=1S/C8H14N2O6/c1-9(8(15)16)2-3-10(4-6(11)12)5-7(13)14/h2-5H2,1H3,(H,11,12)(H,13,14)(H,15,16). The zero-order valence-corrected chi connectivity index (χ0v) is 8.79. The van der Waals surface area contributed by atoms with E-state index in [2.05, 4.69) is 0 Å². The van der Waals surface area contributed by atoms with Crippen LogP contribution in [-0.2, 0) is 9.59 Å². The highest BCUT2D eigenvalue weighted by molar-refractivity contribution is 5.72. The minimum Gasteiger partial charge on any atom is -0.480 e. The van der Waals surface area contributed by atoms with Crippen LogP contribution in [-0.4, -0.2) is 76.4 Å². The maximum absolute atomic E-state index is 10.4. The van der Waals surface area contributed by atoms with Gasteiger partial charge in [-0.15, -0.1) is 0 Å². The van der Waals surface area contributed by atoms with Gasteiger partial charge in [-0.3, -0.25) is 14.5 Å². The Morgan fingerprint density at radius 2 is 1.38 bits per heavy atom. The van der Waals surface area contributed by atoms with Crippen molar-refractivity contribution < 1.29 is 29.7 Å². The van der Waals surface area contributed by atoms with Gasteiger partial charge in [0.15, 0.2) is 0 Å². The van der Waals surface area contributed by atoms with Crippen molar-refractivity contribution in [1.82, 2.24) is 9.80 Å². The van der Waals surface area contributed by atoms with Crippen LogP contribution in [0, 0.1) is 0 Å². The average Bonchev–Trinajstić information content (AvgIpc) is 2.11. The molecular weight excluding hydrogens is 220 g/mol. The molecule has 0 spiro atoms. The minimum absolute atomic E-state index is 0.0515. The van der Waals surface area contributed by atoms with Gasteiger partial charge in [-0.1, -0.05) is 0 Å². The first-order valence-corrected chi connectivity index (χ1v) is 4.43. The van der Waals surface area contributed by atoms with Crippen LogP contribution in [0.25, 0.3) is 0 Å². The molecule has 0 saturated carbocycles. The molecule has 0 rings (SSSR count). The summed E-state index contributed by atoms with van der Waals surface area (Å²) in [7, 11) is 1.32. The van der Waals surface area contributed by atoms with Gasteiger partial charge in [-0.2, -0.15) is 0 Å². The first-order valence-electron chi connectivity index (χ1n) is 4.43. The van der Waals surface area contributed by atoms with Crippen molar-refractivity contribution in [3.05, 3.63) is 0 Å². The van der Waals surface area contributed by atoms with Crippen molar-refractivity contribution >= 4 is 18.0 Å². The van der Waals surface area contributed by atoms with Crippen LogP contribution in [0.4, 0.5) is 4.79 Å². The molecule has 0 atom stereocenters. The summed E-state index contributed by atoms with van der Waals surface area (Å²) >= 11 is 0. The number of likely N-dealkylation sites (N-methyl/N-ethyl adjacent to an activating group) is 1. The summed E-state index contributed by atoms with van der Waals surface area (Å²) in [6.45, 7) is -0.753. The lowest BCUT2D eigenvalue weighted by atomic mass is 10.4. The Labute approximate surface area is 91.7 Å². The average molecular weight is 234 g/mol. The molecule has 0 heterocycles. The van der Waals surface area contributed by atoms with E-state index in [4.69, 9.17) is 15.3 Å². The molecule has 0 saturated heterocycles. The number of hydrogen-bond donors (Lipinski definition) is 3. The molecule has 92 valence electrons. The van der Waals surface area contributed by atoms with Gasteiger partial charge in [-0.05, 0) is 0 Å². The maximum Gasteiger partial charge on any atom is 0.407 e. The van der Waals surface area contributed by atoms with Gasteiger partial charge in [0.1, 0.15) is 0 Å². The number of nitrogens with zero attached hydrogens (tertiary/aromatic N) is 2. The summed E-state index contributed by atoms with van der Waals surface area (Å²) in [6, 6.07) is 0. The van der Waals surface area contributed by atoms with E-state index >= 15 is 0 Å². The first-order chi connectivity index (χ1) is 7.32. The van der Waals surface area contributed by atoms with E-state index < -0.39 is 31.1 Å². The zero-order valence-electron chi connectivity index (χ0n) is 8.79. The molecule has 0 aromatic rings. The number of carbonyl (C=O) groups is 3. The fourth-order valence-electron chi connectivity index (χ4n) is 0.984. The monoisotopic (exact) mass is 234 g/mol. The van der Waals surface area contributed by atoms with E-state index in [0.717, 1.165) is 9.80 Å². The normalized spacial score (nSPS) is 10.1. The molecule has 1 amide bonds. The Kier molecular flexibility index (Phi) is 5.86. The number of amides is 1. The lowest BCUT2D eigenvalue weighted by molar-refractivity contribution is -0.141. The fourth-order valence-corrected chi connectivity index (χ4v) is 0.984. The summed E-state index contributed by atoms with van der Waals surface area (Å²) in [4.78, 5) is 33.3. The first kappa shape index (κ1) is 14.2. The van der Waals surface area contributed by atoms with E-state index in [1.165, 1.54) is 7.05 Å². The second-order valence-electron chi connectivity index (χ2n) is 3.20. The van der Waals surface area contributed by atoms with Crippen molar-refractivity contribution in [1.29, 1.82) is 0 Å². The van der Waals surface area contributed by atoms with Crippen LogP contribution >= 0.6 is 0 Å². The molecular formula is C8H14N2O6. The highest BCUT2D eigenvalue weighted by atomic mass is 16.4. The summed E-state index contributed by atoms with van der Waals surface area (Å²) in [5, 5.41) is 25.5. The fraction of sp³-hybridized carbons (Fsp3) is 0.625. The Balaban J connectivity index is 4.15. The SMILES string of the molecule is CN(CCN(CC(=O)O)CC(=O)O)C(=O)O. The van der Waals surface area contributed by atoms with Crippen LogP contribution in [0.2, 0.25) is 0 Å². The van der Waals surface area contributed by atoms with Crippen molar-refractivity contribution in [2.24, 2.45) is 0 Å². The van der Waals surface area contributed by atoms with Crippen LogP contribution < -0.4 is 0 Å². The molecule has 16 heavy (non-hydrogen) atoms. The van der Waals surface area contributed by atoms with Crippen LogP contribution in [0.5, 0.6) is 0 Å². The summed E-state index contributed by atoms with van der Waals surface area (Å²) in [5.74, 6) is -2.31. The van der Waals surface area contributed by atoms with E-state index in [1.807, 2.05) is 0 Å². The Morgan fingerprint density at radius 3 is 1.69 bits per heavy atom. The lowest BCUT2D eigenvalue weighted by Crippen LogP contribution is -2.40. The third-order valence-electron chi connectivity index (χ3n) is 1.80. The van der Waals surface area contributed by atoms with Crippen LogP contribution in [0.15, 0.2) is 0 Å². The Bertz CT molecular complexity index is 264. The van der Waals surface area contributed by atoms with Gasteiger partial charge < -0.3 is 20.2 Å². The van der Waals surface area contributed by atoms with E-state index in [9.17, 15) is 14.4 Å². The predicted molar refractivity (Wildman–Crippen MR) is 52.4 cm³/mol. The quantitative estimate of drug-likeness (QED) is 0.520. The Hall–Kier alpha value is -1.83. The molecule has 0 bridgehead atoms. The van der Waals surface area contributed by atoms with E-state index in [0.29, 0.717) is 0 Å². The van der Waals surface area contributed by atoms with Gasteiger partial charge in [0.25, 0.3) is 0 Å². The minimum atomic E-state index is -1.15. The molecule has 0 fully saturated rings. The van der Waals surface area contributed by atoms with Crippen molar-refractivity contribution in [3.8, 4) is 0 Å². The van der Waals surface area contributed by atoms with Crippen molar-refractivity contribution in [2.75, 3.05) is 33.2 Å². The third kappa shape index (κ3) is 6.60. The molecule has 0 aromatic carbocycles. The van der Waals surface area contributed by atoms with Gasteiger partial charge in [0.2, 0.25) is 0 Å². The second kappa shape index (κ2) is 6.62. The number of carboxylic acids is 2. The number of hydrogen-bond acceptors (Lipinski definition) is 4. The largest absolute Gasteiger partial charge is 0.480 e. The topological polar surface area (TPSA) is 118 Å². The number of carboxylic acid groups (broad SMARTS) is 3. The Morgan fingerprint density at radius 1 is 0.938 bits per heavy atom. The smallest absolute Gasteiger partial charge is 0.407 e. The molecule has 0 unspecified atom stereocenters. The molecule has 0 aromatic heterocycles. The molecule has 0 aliphatic heterocycles. The van der Waals surface area contributed by atoms with Crippen LogP contribution in [0.3, 0.4) is 0 Å². The molecule has 3 N–H and O–H groups in total. The molecule has 0 aliphatic rings. The van der Waals surface area contributed by atoms with Gasteiger partial charge >= 0.3 is 18.0 Å². The summed E-state index contributed by atoms with van der Waals surface area (Å²) < 4.78 is 0. The lowest BCUT2D eigenvalue weighted by Gasteiger charge is -2.20.